The van der Waals surface area contributed by atoms with Crippen LogP contribution in [0.25, 0.3) is 0 Å². The first-order valence-electron chi connectivity index (χ1n) is 6.74. The Balaban J connectivity index is 2.26. The third kappa shape index (κ3) is 3.33. The maximum atomic E-state index is 11.7. The molecule has 4 N–H and O–H groups in total. The van der Waals surface area contributed by atoms with Crippen LogP contribution in [0.3, 0.4) is 0 Å². The normalized spacial score (nSPS) is 12.0. The zero-order chi connectivity index (χ0) is 15.6. The summed E-state index contributed by atoms with van der Waals surface area (Å²) in [6.45, 7) is 6.06. The summed E-state index contributed by atoms with van der Waals surface area (Å²) < 4.78 is 0. The first-order valence-corrected chi connectivity index (χ1v) is 7.56. The standard InChI is InChI=1S/C15H20N4OS/c1-8-14(21-10(3)18-8)9(2)19-13-7-11(15(20)17-4)5-6-12(13)16/h5-7,9,19H,16H2,1-4H3,(H,17,20). The van der Waals surface area contributed by atoms with Gasteiger partial charge in [-0.3, -0.25) is 4.79 Å². The summed E-state index contributed by atoms with van der Waals surface area (Å²) >= 11 is 1.67. The molecule has 1 unspecified atom stereocenters. The van der Waals surface area contributed by atoms with E-state index in [4.69, 9.17) is 5.73 Å². The quantitative estimate of drug-likeness (QED) is 0.759. The summed E-state index contributed by atoms with van der Waals surface area (Å²) in [4.78, 5) is 17.3. The van der Waals surface area contributed by atoms with Crippen LogP contribution in [-0.2, 0) is 0 Å². The number of anilines is 2. The number of thiazole rings is 1. The van der Waals surface area contributed by atoms with Gasteiger partial charge in [-0.25, -0.2) is 4.98 Å². The number of rotatable bonds is 4. The van der Waals surface area contributed by atoms with E-state index in [1.54, 1.807) is 36.6 Å². The smallest absolute Gasteiger partial charge is 0.251 e. The highest BCUT2D eigenvalue weighted by Crippen LogP contribution is 2.30. The highest BCUT2D eigenvalue weighted by molar-refractivity contribution is 7.11. The molecule has 6 heteroatoms. The Kier molecular flexibility index (Phi) is 4.47. The average molecular weight is 304 g/mol. The Morgan fingerprint density at radius 2 is 2.10 bits per heavy atom. The molecule has 2 aromatic rings. The fraction of sp³-hybridized carbons (Fsp3) is 0.333. The number of nitrogens with two attached hydrogens (primary N) is 1. The van der Waals surface area contributed by atoms with Crippen molar-refractivity contribution in [3.63, 3.8) is 0 Å². The van der Waals surface area contributed by atoms with Gasteiger partial charge in [0.05, 0.1) is 28.1 Å². The largest absolute Gasteiger partial charge is 0.397 e. The Morgan fingerprint density at radius 3 is 2.67 bits per heavy atom. The molecule has 1 aromatic carbocycles. The molecule has 1 amide bonds. The van der Waals surface area contributed by atoms with Crippen LogP contribution in [0.15, 0.2) is 18.2 Å². The molecule has 0 aliphatic carbocycles. The molecule has 112 valence electrons. The number of nitrogens with zero attached hydrogens (tertiary/aromatic N) is 1. The van der Waals surface area contributed by atoms with E-state index in [2.05, 4.69) is 22.5 Å². The highest BCUT2D eigenvalue weighted by Gasteiger charge is 2.15. The number of nitrogens with one attached hydrogen (secondary N) is 2. The number of amides is 1. The van der Waals surface area contributed by atoms with Gasteiger partial charge in [0.15, 0.2) is 0 Å². The van der Waals surface area contributed by atoms with E-state index in [0.717, 1.165) is 16.4 Å². The summed E-state index contributed by atoms with van der Waals surface area (Å²) in [7, 11) is 1.61. The first-order chi connectivity index (χ1) is 9.92. The highest BCUT2D eigenvalue weighted by atomic mass is 32.1. The van der Waals surface area contributed by atoms with Crippen LogP contribution in [0.1, 0.15) is 38.9 Å². The van der Waals surface area contributed by atoms with Gasteiger partial charge in [0.1, 0.15) is 0 Å². The average Bonchev–Trinajstić information content (AvgIpc) is 2.79. The fourth-order valence-corrected chi connectivity index (χ4v) is 3.14. The van der Waals surface area contributed by atoms with Crippen molar-refractivity contribution in [1.82, 2.24) is 10.3 Å². The minimum atomic E-state index is -0.129. The zero-order valence-corrected chi connectivity index (χ0v) is 13.5. The number of hydrogen-bond donors (Lipinski definition) is 3. The van der Waals surface area contributed by atoms with Crippen LogP contribution >= 0.6 is 11.3 Å². The monoisotopic (exact) mass is 304 g/mol. The minimum absolute atomic E-state index is 0.0819. The van der Waals surface area contributed by atoms with E-state index >= 15 is 0 Å². The molecule has 1 aromatic heterocycles. The Labute approximate surface area is 128 Å². The van der Waals surface area contributed by atoms with E-state index in [1.165, 1.54) is 4.88 Å². The number of carbonyl (C=O) groups excluding carboxylic acids is 1. The van der Waals surface area contributed by atoms with Crippen molar-refractivity contribution in [3.8, 4) is 0 Å². The van der Waals surface area contributed by atoms with Crippen molar-refractivity contribution in [1.29, 1.82) is 0 Å². The molecule has 0 bridgehead atoms. The van der Waals surface area contributed by atoms with Gasteiger partial charge in [0, 0.05) is 17.5 Å². The Morgan fingerprint density at radius 1 is 1.38 bits per heavy atom. The Hall–Kier alpha value is -2.08. The van der Waals surface area contributed by atoms with Gasteiger partial charge in [0.2, 0.25) is 0 Å². The maximum absolute atomic E-state index is 11.7. The van der Waals surface area contributed by atoms with E-state index < -0.39 is 0 Å². The molecule has 1 heterocycles. The predicted molar refractivity (Wildman–Crippen MR) is 87.9 cm³/mol. The van der Waals surface area contributed by atoms with Crippen molar-refractivity contribution in [3.05, 3.63) is 39.3 Å². The SMILES string of the molecule is CNC(=O)c1ccc(N)c(NC(C)c2sc(C)nc2C)c1. The summed E-state index contributed by atoms with van der Waals surface area (Å²) in [5.41, 5.74) is 8.98. The molecule has 0 saturated carbocycles. The molecule has 0 saturated heterocycles. The number of aromatic nitrogens is 1. The number of carbonyl (C=O) groups is 1. The topological polar surface area (TPSA) is 80.0 Å². The summed E-state index contributed by atoms with van der Waals surface area (Å²) in [6.07, 6.45) is 0. The van der Waals surface area contributed by atoms with Crippen molar-refractivity contribution in [2.45, 2.75) is 26.8 Å². The Bertz CT molecular complexity index is 666. The van der Waals surface area contributed by atoms with Gasteiger partial charge in [0.25, 0.3) is 5.91 Å². The maximum Gasteiger partial charge on any atom is 0.251 e. The van der Waals surface area contributed by atoms with Crippen LogP contribution < -0.4 is 16.4 Å². The van der Waals surface area contributed by atoms with Crippen LogP contribution in [-0.4, -0.2) is 17.9 Å². The van der Waals surface area contributed by atoms with E-state index in [-0.39, 0.29) is 11.9 Å². The molecule has 0 fully saturated rings. The second-order valence-corrected chi connectivity index (χ2v) is 6.16. The lowest BCUT2D eigenvalue weighted by molar-refractivity contribution is 0.0963. The van der Waals surface area contributed by atoms with Gasteiger partial charge >= 0.3 is 0 Å². The molecule has 1 atom stereocenters. The minimum Gasteiger partial charge on any atom is -0.397 e. The lowest BCUT2D eigenvalue weighted by Gasteiger charge is -2.17. The van der Waals surface area contributed by atoms with Gasteiger partial charge in [-0.15, -0.1) is 11.3 Å². The molecule has 2 rings (SSSR count). The van der Waals surface area contributed by atoms with Crippen LogP contribution in [0, 0.1) is 13.8 Å². The van der Waals surface area contributed by atoms with Crippen molar-refractivity contribution >= 4 is 28.6 Å². The van der Waals surface area contributed by atoms with Crippen molar-refractivity contribution in [2.24, 2.45) is 0 Å². The number of nitrogen functional groups attached to an aromatic ring is 1. The van der Waals surface area contributed by atoms with E-state index in [1.807, 2.05) is 13.8 Å². The van der Waals surface area contributed by atoms with Gasteiger partial charge < -0.3 is 16.4 Å². The third-order valence-electron chi connectivity index (χ3n) is 3.25. The lowest BCUT2D eigenvalue weighted by atomic mass is 10.1. The van der Waals surface area contributed by atoms with Crippen LogP contribution in [0.2, 0.25) is 0 Å². The van der Waals surface area contributed by atoms with Crippen LogP contribution in [0.5, 0.6) is 0 Å². The molecular weight excluding hydrogens is 284 g/mol. The van der Waals surface area contributed by atoms with Crippen molar-refractivity contribution < 1.29 is 4.79 Å². The number of aryl methyl sites for hydroxylation is 2. The fourth-order valence-electron chi connectivity index (χ4n) is 2.21. The molecule has 0 radical (unpaired) electrons. The van der Waals surface area contributed by atoms with E-state index in [9.17, 15) is 4.79 Å². The number of benzene rings is 1. The van der Waals surface area contributed by atoms with Gasteiger partial charge in [-0.1, -0.05) is 0 Å². The molecule has 0 aliphatic heterocycles. The second kappa shape index (κ2) is 6.13. The molecule has 5 nitrogen and oxygen atoms in total. The molecule has 0 aliphatic rings. The van der Waals surface area contributed by atoms with Gasteiger partial charge in [-0.05, 0) is 39.0 Å². The third-order valence-corrected chi connectivity index (χ3v) is 4.50. The predicted octanol–water partition coefficient (Wildman–Crippen LogP) is 2.87. The zero-order valence-electron chi connectivity index (χ0n) is 12.7. The lowest BCUT2D eigenvalue weighted by Crippen LogP contribution is -2.18. The first kappa shape index (κ1) is 15.3. The molecule has 0 spiro atoms. The molecule has 21 heavy (non-hydrogen) atoms. The van der Waals surface area contributed by atoms with Gasteiger partial charge in [-0.2, -0.15) is 0 Å². The van der Waals surface area contributed by atoms with Crippen molar-refractivity contribution in [2.75, 3.05) is 18.1 Å². The number of hydrogen-bond acceptors (Lipinski definition) is 5. The van der Waals surface area contributed by atoms with E-state index in [0.29, 0.717) is 11.3 Å². The second-order valence-electron chi connectivity index (χ2n) is 4.93. The van der Waals surface area contributed by atoms with Crippen LogP contribution in [0.4, 0.5) is 11.4 Å². The summed E-state index contributed by atoms with van der Waals surface area (Å²) in [6, 6.07) is 5.31. The summed E-state index contributed by atoms with van der Waals surface area (Å²) in [5.74, 6) is -0.129. The molecular formula is C15H20N4OS. The summed E-state index contributed by atoms with van der Waals surface area (Å²) in [5, 5.41) is 7.02.